The van der Waals surface area contributed by atoms with Crippen molar-refractivity contribution in [2.75, 3.05) is 26.6 Å². The summed E-state index contributed by atoms with van der Waals surface area (Å²) in [5.41, 5.74) is 5.89. The van der Waals surface area contributed by atoms with Crippen LogP contribution in [-0.2, 0) is 19.5 Å². The summed E-state index contributed by atoms with van der Waals surface area (Å²) in [6.45, 7) is 1.64. The first-order chi connectivity index (χ1) is 15.7. The van der Waals surface area contributed by atoms with E-state index in [1.54, 1.807) is 21.3 Å². The number of nitrogens with one attached hydrogen (secondary N) is 1. The lowest BCUT2D eigenvalue weighted by molar-refractivity contribution is -0.686. The van der Waals surface area contributed by atoms with E-state index in [0.717, 1.165) is 53.2 Å². The smallest absolute Gasteiger partial charge is 0.213 e. The molecule has 0 aliphatic carbocycles. The molecule has 0 saturated carbocycles. The van der Waals surface area contributed by atoms with Crippen molar-refractivity contribution in [1.82, 2.24) is 0 Å². The fourth-order valence-corrected chi connectivity index (χ4v) is 4.50. The highest BCUT2D eigenvalue weighted by Gasteiger charge is 2.27. The van der Waals surface area contributed by atoms with Crippen molar-refractivity contribution >= 4 is 16.5 Å². The molecule has 3 aromatic carbocycles. The van der Waals surface area contributed by atoms with E-state index >= 15 is 0 Å². The average Bonchev–Trinajstić information content (AvgIpc) is 2.85. The van der Waals surface area contributed by atoms with Gasteiger partial charge in [-0.3, -0.25) is 0 Å². The number of hydrogen-bond donors (Lipinski definition) is 1. The molecule has 0 unspecified atom stereocenters. The van der Waals surface area contributed by atoms with E-state index in [0.29, 0.717) is 0 Å². The van der Waals surface area contributed by atoms with Crippen molar-refractivity contribution in [2.45, 2.75) is 19.5 Å². The molecule has 1 aromatic heterocycles. The zero-order valence-corrected chi connectivity index (χ0v) is 19.8. The predicted octanol–water partition coefficient (Wildman–Crippen LogP) is 1.99. The van der Waals surface area contributed by atoms with Crippen molar-refractivity contribution in [3.8, 4) is 28.5 Å². The average molecular weight is 463 g/mol. The molecule has 0 atom stereocenters. The minimum absolute atomic E-state index is 0. The monoisotopic (exact) mass is 462 g/mol. The molecule has 1 aliphatic rings. The largest absolute Gasteiger partial charge is 1.00 e. The van der Waals surface area contributed by atoms with Crippen LogP contribution in [0.3, 0.4) is 0 Å². The number of nitrogens with zero attached hydrogens (tertiary/aromatic N) is 1. The van der Waals surface area contributed by atoms with Gasteiger partial charge in [0.05, 0.1) is 38.0 Å². The van der Waals surface area contributed by atoms with Crippen LogP contribution >= 0.6 is 0 Å². The number of anilines is 1. The Balaban J connectivity index is 0.00000259. The number of ether oxygens (including phenoxy) is 3. The summed E-state index contributed by atoms with van der Waals surface area (Å²) in [7, 11) is 5.08. The Labute approximate surface area is 200 Å². The van der Waals surface area contributed by atoms with Gasteiger partial charge in [0.25, 0.3) is 0 Å². The summed E-state index contributed by atoms with van der Waals surface area (Å²) in [6, 6.07) is 21.0. The van der Waals surface area contributed by atoms with Gasteiger partial charge >= 0.3 is 0 Å². The summed E-state index contributed by atoms with van der Waals surface area (Å²) in [4.78, 5) is 0. The third kappa shape index (κ3) is 4.16. The number of halogens is 1. The highest BCUT2D eigenvalue weighted by Crippen LogP contribution is 2.39. The van der Waals surface area contributed by atoms with Crippen molar-refractivity contribution in [2.24, 2.45) is 0 Å². The maximum atomic E-state index is 5.70. The predicted molar refractivity (Wildman–Crippen MR) is 127 cm³/mol. The van der Waals surface area contributed by atoms with Crippen LogP contribution in [0.5, 0.6) is 17.2 Å². The van der Waals surface area contributed by atoms with Gasteiger partial charge in [-0.15, -0.1) is 0 Å². The highest BCUT2D eigenvalue weighted by atomic mass is 35.5. The molecular weight excluding hydrogens is 436 g/mol. The fraction of sp³-hybridized carbons (Fsp3) is 0.222. The van der Waals surface area contributed by atoms with Gasteiger partial charge in [-0.2, -0.15) is 4.57 Å². The second-order valence-corrected chi connectivity index (χ2v) is 7.95. The van der Waals surface area contributed by atoms with Crippen LogP contribution in [0.2, 0.25) is 0 Å². The topological polar surface area (TPSA) is 43.6 Å². The SMILES string of the molecule is COc1cc2c(cc1OC)-c1cc3ccc(OC)c(NCc4ccccc4)c3c[n+]1CC2.[Cl-]. The lowest BCUT2D eigenvalue weighted by Gasteiger charge is -2.19. The third-order valence-corrected chi connectivity index (χ3v) is 6.17. The maximum Gasteiger partial charge on any atom is 0.213 e. The molecular formula is C27H27ClN2O3. The van der Waals surface area contributed by atoms with Gasteiger partial charge in [0.15, 0.2) is 24.2 Å². The van der Waals surface area contributed by atoms with Crippen LogP contribution in [0.1, 0.15) is 11.1 Å². The molecule has 0 saturated heterocycles. The van der Waals surface area contributed by atoms with Gasteiger partial charge in [0.1, 0.15) is 5.75 Å². The zero-order valence-electron chi connectivity index (χ0n) is 19.0. The summed E-state index contributed by atoms with van der Waals surface area (Å²) in [6.07, 6.45) is 3.18. The Bertz CT molecular complexity index is 1290. The normalized spacial score (nSPS) is 11.7. The van der Waals surface area contributed by atoms with Gasteiger partial charge in [-0.05, 0) is 34.7 Å². The molecule has 2 heterocycles. The van der Waals surface area contributed by atoms with Crippen LogP contribution in [0, 0.1) is 0 Å². The summed E-state index contributed by atoms with van der Waals surface area (Å²) in [5, 5.41) is 5.92. The molecule has 6 heteroatoms. The molecule has 4 aromatic rings. The van der Waals surface area contributed by atoms with E-state index in [-0.39, 0.29) is 12.4 Å². The molecule has 0 amide bonds. The number of hydrogen-bond acceptors (Lipinski definition) is 4. The molecule has 0 spiro atoms. The quantitative estimate of drug-likeness (QED) is 0.445. The van der Waals surface area contributed by atoms with Crippen LogP contribution in [0.4, 0.5) is 5.69 Å². The van der Waals surface area contributed by atoms with E-state index in [1.165, 1.54) is 22.4 Å². The van der Waals surface area contributed by atoms with E-state index in [2.05, 4.69) is 64.6 Å². The minimum atomic E-state index is 0. The Hall–Kier alpha value is -3.44. The Morgan fingerprint density at radius 2 is 1.58 bits per heavy atom. The number of aromatic nitrogens is 1. The molecule has 5 rings (SSSR count). The van der Waals surface area contributed by atoms with Crippen molar-refractivity contribution in [3.05, 3.63) is 78.0 Å². The van der Waals surface area contributed by atoms with E-state index in [1.807, 2.05) is 12.1 Å². The molecule has 0 fully saturated rings. The molecule has 0 bridgehead atoms. The number of aryl methyl sites for hydroxylation is 2. The highest BCUT2D eigenvalue weighted by molar-refractivity contribution is 5.97. The van der Waals surface area contributed by atoms with E-state index in [9.17, 15) is 0 Å². The molecule has 0 radical (unpaired) electrons. The Morgan fingerprint density at radius 1 is 0.848 bits per heavy atom. The Kier molecular flexibility index (Phi) is 6.61. The Morgan fingerprint density at radius 3 is 2.30 bits per heavy atom. The number of methoxy groups -OCH3 is 3. The van der Waals surface area contributed by atoms with Crippen LogP contribution < -0.4 is 36.5 Å². The van der Waals surface area contributed by atoms with Crippen LogP contribution in [0.15, 0.2) is 66.9 Å². The molecule has 1 aliphatic heterocycles. The first kappa shape index (κ1) is 22.7. The van der Waals surface area contributed by atoms with E-state index < -0.39 is 0 Å². The van der Waals surface area contributed by atoms with Gasteiger partial charge in [0, 0.05) is 19.0 Å². The lowest BCUT2D eigenvalue weighted by atomic mass is 9.95. The number of rotatable bonds is 6. The summed E-state index contributed by atoms with van der Waals surface area (Å²) < 4.78 is 19.1. The first-order valence-electron chi connectivity index (χ1n) is 10.8. The molecule has 1 N–H and O–H groups in total. The molecule has 5 nitrogen and oxygen atoms in total. The third-order valence-electron chi connectivity index (χ3n) is 6.17. The number of fused-ring (bicyclic) bond motifs is 4. The summed E-state index contributed by atoms with van der Waals surface area (Å²) in [5.74, 6) is 2.37. The van der Waals surface area contributed by atoms with Crippen molar-refractivity contribution in [1.29, 1.82) is 0 Å². The van der Waals surface area contributed by atoms with Crippen LogP contribution in [-0.4, -0.2) is 21.3 Å². The standard InChI is InChI=1S/C27H26N2O3.ClH/c1-30-24-10-9-19-13-23-21-15-26(32-3)25(31-2)14-20(21)11-12-29(23)17-22(19)27(24)28-16-18-7-5-4-6-8-18;/h4-10,13-15,17H,11-12,16H2,1-3H3;1H. The van der Waals surface area contributed by atoms with Gasteiger partial charge in [0.2, 0.25) is 5.69 Å². The van der Waals surface area contributed by atoms with E-state index in [4.69, 9.17) is 14.2 Å². The molecule has 33 heavy (non-hydrogen) atoms. The lowest BCUT2D eigenvalue weighted by Crippen LogP contribution is -3.00. The minimum Gasteiger partial charge on any atom is -1.00 e. The zero-order chi connectivity index (χ0) is 22.1. The second kappa shape index (κ2) is 9.59. The van der Waals surface area contributed by atoms with Gasteiger partial charge in [-0.1, -0.05) is 36.4 Å². The van der Waals surface area contributed by atoms with Crippen LogP contribution in [0.25, 0.3) is 22.0 Å². The maximum absolute atomic E-state index is 5.70. The van der Waals surface area contributed by atoms with Crippen molar-refractivity contribution < 1.29 is 31.2 Å². The molecule has 170 valence electrons. The van der Waals surface area contributed by atoms with Gasteiger partial charge < -0.3 is 31.9 Å². The van der Waals surface area contributed by atoms with Crippen molar-refractivity contribution in [3.63, 3.8) is 0 Å². The number of benzene rings is 3. The van der Waals surface area contributed by atoms with Gasteiger partial charge in [-0.25, -0.2) is 0 Å². The number of pyridine rings is 1. The fourth-order valence-electron chi connectivity index (χ4n) is 4.50. The first-order valence-corrected chi connectivity index (χ1v) is 10.8. The second-order valence-electron chi connectivity index (χ2n) is 7.95. The summed E-state index contributed by atoms with van der Waals surface area (Å²) >= 11 is 0.